The smallest absolute Gasteiger partial charge is 0.143 e. The third kappa shape index (κ3) is 3.04. The van der Waals surface area contributed by atoms with E-state index in [1.807, 2.05) is 12.3 Å². The summed E-state index contributed by atoms with van der Waals surface area (Å²) in [7, 11) is 1.77. The summed E-state index contributed by atoms with van der Waals surface area (Å²) >= 11 is 6.98. The summed E-state index contributed by atoms with van der Waals surface area (Å²) < 4.78 is 7.39. The van der Waals surface area contributed by atoms with Crippen LogP contribution in [0.2, 0.25) is 0 Å². The van der Waals surface area contributed by atoms with E-state index in [1.165, 1.54) is 0 Å². The van der Waals surface area contributed by atoms with E-state index in [4.69, 9.17) is 10.5 Å². The van der Waals surface area contributed by atoms with E-state index < -0.39 is 0 Å². The van der Waals surface area contributed by atoms with Crippen LogP contribution in [0.15, 0.2) is 21.2 Å². The van der Waals surface area contributed by atoms with Crippen LogP contribution in [0.3, 0.4) is 0 Å². The van der Waals surface area contributed by atoms with Gasteiger partial charge in [-0.15, -0.1) is 0 Å². The summed E-state index contributed by atoms with van der Waals surface area (Å²) in [6.07, 6.45) is 4.09. The van der Waals surface area contributed by atoms with Gasteiger partial charge in [-0.05, 0) is 50.8 Å². The van der Waals surface area contributed by atoms with Crippen molar-refractivity contribution in [1.82, 2.24) is 4.98 Å². The summed E-state index contributed by atoms with van der Waals surface area (Å²) in [4.78, 5) is 6.76. The number of piperidine rings is 1. The molecule has 6 heteroatoms. The van der Waals surface area contributed by atoms with E-state index >= 15 is 0 Å². The first-order valence-corrected chi connectivity index (χ1v) is 7.55. The van der Waals surface area contributed by atoms with Crippen molar-refractivity contribution in [3.63, 3.8) is 0 Å². The van der Waals surface area contributed by atoms with Gasteiger partial charge in [0.05, 0.1) is 10.6 Å². The van der Waals surface area contributed by atoms with Gasteiger partial charge in [0.1, 0.15) is 5.82 Å². The molecular formula is C12H17Br2N3O. The highest BCUT2D eigenvalue weighted by Crippen LogP contribution is 2.31. The molecule has 100 valence electrons. The molecule has 1 aromatic rings. The topological polar surface area (TPSA) is 51.4 Å². The average Bonchev–Trinajstić information content (AvgIpc) is 2.38. The number of methoxy groups -OCH3 is 1. The Balaban J connectivity index is 2.21. The van der Waals surface area contributed by atoms with Crippen LogP contribution in [-0.4, -0.2) is 37.3 Å². The van der Waals surface area contributed by atoms with Crippen LogP contribution in [0.5, 0.6) is 0 Å². The predicted molar refractivity (Wildman–Crippen MR) is 79.9 cm³/mol. The Morgan fingerprint density at radius 1 is 1.56 bits per heavy atom. The van der Waals surface area contributed by atoms with Gasteiger partial charge in [0, 0.05) is 36.9 Å². The third-order valence-corrected chi connectivity index (χ3v) is 4.35. The predicted octanol–water partition coefficient (Wildman–Crippen LogP) is 2.55. The Hall–Kier alpha value is -0.170. The highest BCUT2D eigenvalue weighted by atomic mass is 79.9. The summed E-state index contributed by atoms with van der Waals surface area (Å²) in [6, 6.07) is 2.30. The van der Waals surface area contributed by atoms with Crippen LogP contribution < -0.4 is 10.6 Å². The van der Waals surface area contributed by atoms with Gasteiger partial charge >= 0.3 is 0 Å². The van der Waals surface area contributed by atoms with E-state index in [9.17, 15) is 0 Å². The molecule has 1 saturated heterocycles. The van der Waals surface area contributed by atoms with E-state index in [0.29, 0.717) is 12.6 Å². The molecule has 18 heavy (non-hydrogen) atoms. The van der Waals surface area contributed by atoms with Gasteiger partial charge in [0.2, 0.25) is 0 Å². The molecule has 0 radical (unpaired) electrons. The van der Waals surface area contributed by atoms with Crippen LogP contribution in [0.25, 0.3) is 0 Å². The van der Waals surface area contributed by atoms with E-state index in [2.05, 4.69) is 41.7 Å². The van der Waals surface area contributed by atoms with Crippen molar-refractivity contribution in [3.05, 3.63) is 21.2 Å². The fourth-order valence-electron chi connectivity index (χ4n) is 2.35. The Morgan fingerprint density at radius 2 is 2.33 bits per heavy atom. The molecule has 1 fully saturated rings. The van der Waals surface area contributed by atoms with Crippen molar-refractivity contribution in [1.29, 1.82) is 0 Å². The molecule has 1 aliphatic heterocycles. The number of anilines is 1. The highest BCUT2D eigenvalue weighted by Gasteiger charge is 2.29. The van der Waals surface area contributed by atoms with Gasteiger partial charge in [-0.1, -0.05) is 0 Å². The van der Waals surface area contributed by atoms with Gasteiger partial charge in [0.15, 0.2) is 0 Å². The SMILES string of the molecule is COC1CCN(c2ncc(Br)cc2Br)C(CN)C1. The molecule has 2 atom stereocenters. The zero-order valence-electron chi connectivity index (χ0n) is 10.3. The molecule has 0 amide bonds. The zero-order chi connectivity index (χ0) is 13.1. The number of hydrogen-bond acceptors (Lipinski definition) is 4. The fraction of sp³-hybridized carbons (Fsp3) is 0.583. The maximum absolute atomic E-state index is 5.88. The molecule has 1 aliphatic rings. The number of rotatable bonds is 3. The molecular weight excluding hydrogens is 362 g/mol. The molecule has 2 unspecified atom stereocenters. The van der Waals surface area contributed by atoms with Crippen molar-refractivity contribution in [2.45, 2.75) is 25.0 Å². The number of halogens is 2. The molecule has 0 saturated carbocycles. The van der Waals surface area contributed by atoms with Gasteiger partial charge < -0.3 is 15.4 Å². The Morgan fingerprint density at radius 3 is 2.94 bits per heavy atom. The minimum atomic E-state index is 0.286. The molecule has 1 aromatic heterocycles. The first-order chi connectivity index (χ1) is 8.65. The molecule has 4 nitrogen and oxygen atoms in total. The van der Waals surface area contributed by atoms with E-state index in [1.54, 1.807) is 7.11 Å². The summed E-state index contributed by atoms with van der Waals surface area (Å²) in [5, 5.41) is 0. The van der Waals surface area contributed by atoms with Crippen molar-refractivity contribution in [2.24, 2.45) is 5.73 Å². The molecule has 0 spiro atoms. The second-order valence-corrected chi connectivity index (χ2v) is 6.19. The number of nitrogens with zero attached hydrogens (tertiary/aromatic N) is 2. The molecule has 2 N–H and O–H groups in total. The Kier molecular flexibility index (Phi) is 5.00. The van der Waals surface area contributed by atoms with Crippen molar-refractivity contribution < 1.29 is 4.74 Å². The monoisotopic (exact) mass is 377 g/mol. The van der Waals surface area contributed by atoms with Crippen molar-refractivity contribution in [3.8, 4) is 0 Å². The maximum atomic E-state index is 5.88. The number of ether oxygens (including phenoxy) is 1. The lowest BCUT2D eigenvalue weighted by molar-refractivity contribution is 0.0707. The maximum Gasteiger partial charge on any atom is 0.143 e. The molecule has 2 heterocycles. The molecule has 0 aromatic carbocycles. The lowest BCUT2D eigenvalue weighted by Gasteiger charge is -2.39. The quantitative estimate of drug-likeness (QED) is 0.878. The Labute approximate surface area is 124 Å². The largest absolute Gasteiger partial charge is 0.381 e. The van der Waals surface area contributed by atoms with Gasteiger partial charge in [-0.2, -0.15) is 0 Å². The number of aromatic nitrogens is 1. The third-order valence-electron chi connectivity index (χ3n) is 3.33. The van der Waals surface area contributed by atoms with E-state index in [0.717, 1.165) is 34.1 Å². The van der Waals surface area contributed by atoms with Gasteiger partial charge in [-0.25, -0.2) is 4.98 Å². The van der Waals surface area contributed by atoms with E-state index in [-0.39, 0.29) is 6.04 Å². The zero-order valence-corrected chi connectivity index (χ0v) is 13.4. The lowest BCUT2D eigenvalue weighted by Crippen LogP contribution is -2.49. The summed E-state index contributed by atoms with van der Waals surface area (Å²) in [5.74, 6) is 0.961. The summed E-state index contributed by atoms with van der Waals surface area (Å²) in [6.45, 7) is 1.54. The Bertz CT molecular complexity index is 416. The standard InChI is InChI=1S/C12H17Br2N3O/c1-18-10-2-3-17(9(5-10)6-15)12-11(14)4-8(13)7-16-12/h4,7,9-10H,2-3,5-6,15H2,1H3. The van der Waals surface area contributed by atoms with Crippen molar-refractivity contribution >= 4 is 37.7 Å². The van der Waals surface area contributed by atoms with Crippen LogP contribution >= 0.6 is 31.9 Å². The van der Waals surface area contributed by atoms with Gasteiger partial charge in [-0.3, -0.25) is 0 Å². The minimum Gasteiger partial charge on any atom is -0.381 e. The van der Waals surface area contributed by atoms with Crippen LogP contribution in [-0.2, 0) is 4.74 Å². The normalized spacial score (nSPS) is 24.3. The minimum absolute atomic E-state index is 0.286. The first kappa shape index (κ1) is 14.2. The average molecular weight is 379 g/mol. The molecule has 0 bridgehead atoms. The number of pyridine rings is 1. The number of hydrogen-bond donors (Lipinski definition) is 1. The molecule has 2 rings (SSSR count). The first-order valence-electron chi connectivity index (χ1n) is 5.96. The fourth-order valence-corrected chi connectivity index (χ4v) is 3.56. The lowest BCUT2D eigenvalue weighted by atomic mass is 9.99. The summed E-state index contributed by atoms with van der Waals surface area (Å²) in [5.41, 5.74) is 5.88. The molecule has 0 aliphatic carbocycles. The van der Waals surface area contributed by atoms with Crippen LogP contribution in [0.1, 0.15) is 12.8 Å². The van der Waals surface area contributed by atoms with Crippen LogP contribution in [0, 0.1) is 0 Å². The second-order valence-electron chi connectivity index (χ2n) is 4.42. The van der Waals surface area contributed by atoms with Crippen LogP contribution in [0.4, 0.5) is 5.82 Å². The second kappa shape index (κ2) is 6.32. The van der Waals surface area contributed by atoms with Crippen molar-refractivity contribution in [2.75, 3.05) is 25.1 Å². The number of nitrogens with two attached hydrogens (primary N) is 1. The highest BCUT2D eigenvalue weighted by molar-refractivity contribution is 9.11. The van der Waals surface area contributed by atoms with Gasteiger partial charge in [0.25, 0.3) is 0 Å².